The molecule has 5 heteroatoms. The standard InChI is InChI=1S/C19H22N2O3/c1-12-10-15(20-19(23)16-11-13(2)24-14(16)3)7-8-17(12)21-9-5-4-6-18(21)22/h7-8,10-11H,4-6,9H2,1-3H3,(H,20,23). The molecule has 1 saturated heterocycles. The number of amides is 2. The fourth-order valence-electron chi connectivity index (χ4n) is 3.15. The van der Waals surface area contributed by atoms with Crippen LogP contribution in [0.5, 0.6) is 0 Å². The molecule has 1 fully saturated rings. The number of nitrogens with one attached hydrogen (secondary N) is 1. The number of anilines is 2. The molecule has 0 atom stereocenters. The summed E-state index contributed by atoms with van der Waals surface area (Å²) in [5, 5.41) is 2.89. The Hall–Kier alpha value is -2.56. The Kier molecular flexibility index (Phi) is 4.42. The maximum absolute atomic E-state index is 12.4. The van der Waals surface area contributed by atoms with Crippen molar-refractivity contribution < 1.29 is 14.0 Å². The maximum atomic E-state index is 12.4. The molecule has 1 N–H and O–H groups in total. The van der Waals surface area contributed by atoms with Gasteiger partial charge < -0.3 is 14.6 Å². The van der Waals surface area contributed by atoms with Crippen LogP contribution in [0.25, 0.3) is 0 Å². The van der Waals surface area contributed by atoms with Crippen LogP contribution in [0, 0.1) is 20.8 Å². The lowest BCUT2D eigenvalue weighted by molar-refractivity contribution is -0.119. The van der Waals surface area contributed by atoms with Gasteiger partial charge in [-0.15, -0.1) is 0 Å². The van der Waals surface area contributed by atoms with Crippen molar-refractivity contribution in [2.45, 2.75) is 40.0 Å². The molecule has 0 bridgehead atoms. The fraction of sp³-hybridized carbons (Fsp3) is 0.368. The predicted molar refractivity (Wildman–Crippen MR) is 93.5 cm³/mol. The van der Waals surface area contributed by atoms with Crippen LogP contribution in [0.15, 0.2) is 28.7 Å². The van der Waals surface area contributed by atoms with Gasteiger partial charge in [-0.3, -0.25) is 9.59 Å². The second kappa shape index (κ2) is 6.51. The van der Waals surface area contributed by atoms with Gasteiger partial charge in [0.1, 0.15) is 11.5 Å². The van der Waals surface area contributed by atoms with E-state index in [1.807, 2.05) is 36.9 Å². The van der Waals surface area contributed by atoms with Gasteiger partial charge >= 0.3 is 0 Å². The monoisotopic (exact) mass is 326 g/mol. The topological polar surface area (TPSA) is 62.6 Å². The van der Waals surface area contributed by atoms with E-state index in [9.17, 15) is 9.59 Å². The van der Waals surface area contributed by atoms with E-state index in [4.69, 9.17) is 4.42 Å². The minimum absolute atomic E-state index is 0.172. The van der Waals surface area contributed by atoms with Gasteiger partial charge in [0.15, 0.2) is 0 Å². The fourth-order valence-corrected chi connectivity index (χ4v) is 3.15. The van der Waals surface area contributed by atoms with Gasteiger partial charge in [-0.05, 0) is 63.4 Å². The van der Waals surface area contributed by atoms with E-state index in [1.54, 1.807) is 13.0 Å². The molecule has 1 aromatic heterocycles. The zero-order valence-corrected chi connectivity index (χ0v) is 14.3. The van der Waals surface area contributed by atoms with Crippen LogP contribution in [0.4, 0.5) is 11.4 Å². The van der Waals surface area contributed by atoms with Crippen molar-refractivity contribution in [3.8, 4) is 0 Å². The van der Waals surface area contributed by atoms with E-state index >= 15 is 0 Å². The molecule has 0 saturated carbocycles. The average Bonchev–Trinajstić information content (AvgIpc) is 2.87. The Bertz CT molecular complexity index is 792. The molecule has 1 aliphatic rings. The van der Waals surface area contributed by atoms with E-state index < -0.39 is 0 Å². The summed E-state index contributed by atoms with van der Waals surface area (Å²) in [6.45, 7) is 6.32. The summed E-state index contributed by atoms with van der Waals surface area (Å²) in [6, 6.07) is 7.38. The number of rotatable bonds is 3. The van der Waals surface area contributed by atoms with Crippen LogP contribution >= 0.6 is 0 Å². The Labute approximate surface area is 141 Å². The van der Waals surface area contributed by atoms with Crippen LogP contribution in [0.2, 0.25) is 0 Å². The van der Waals surface area contributed by atoms with Crippen LogP contribution < -0.4 is 10.2 Å². The highest BCUT2D eigenvalue weighted by atomic mass is 16.3. The zero-order valence-electron chi connectivity index (χ0n) is 14.3. The summed E-state index contributed by atoms with van der Waals surface area (Å²) in [6.07, 6.45) is 2.60. The molecular formula is C19H22N2O3. The number of carbonyl (C=O) groups is 2. The van der Waals surface area contributed by atoms with Gasteiger partial charge in [0.05, 0.1) is 5.56 Å². The first-order valence-electron chi connectivity index (χ1n) is 8.25. The van der Waals surface area contributed by atoms with Gasteiger partial charge in [0.2, 0.25) is 5.91 Å². The predicted octanol–water partition coefficient (Wildman–Crippen LogP) is 3.97. The van der Waals surface area contributed by atoms with E-state index in [0.717, 1.165) is 30.6 Å². The maximum Gasteiger partial charge on any atom is 0.259 e. The minimum Gasteiger partial charge on any atom is -0.466 e. The molecule has 3 rings (SSSR count). The first-order valence-corrected chi connectivity index (χ1v) is 8.25. The van der Waals surface area contributed by atoms with E-state index in [2.05, 4.69) is 5.32 Å². The van der Waals surface area contributed by atoms with Crippen molar-refractivity contribution in [3.63, 3.8) is 0 Å². The summed E-state index contributed by atoms with van der Waals surface area (Å²) in [5.41, 5.74) is 3.15. The number of benzene rings is 1. The van der Waals surface area contributed by atoms with Gasteiger partial charge in [-0.25, -0.2) is 0 Å². The molecule has 5 nitrogen and oxygen atoms in total. The largest absolute Gasteiger partial charge is 0.466 e. The number of piperidine rings is 1. The molecular weight excluding hydrogens is 304 g/mol. The summed E-state index contributed by atoms with van der Waals surface area (Å²) >= 11 is 0. The number of aryl methyl sites for hydroxylation is 3. The second-order valence-electron chi connectivity index (χ2n) is 6.28. The first kappa shape index (κ1) is 16.3. The van der Waals surface area contributed by atoms with E-state index in [1.165, 1.54) is 0 Å². The van der Waals surface area contributed by atoms with Crippen molar-refractivity contribution in [1.29, 1.82) is 0 Å². The van der Waals surface area contributed by atoms with Gasteiger partial charge in [-0.2, -0.15) is 0 Å². The number of nitrogens with zero attached hydrogens (tertiary/aromatic N) is 1. The highest BCUT2D eigenvalue weighted by Crippen LogP contribution is 2.27. The lowest BCUT2D eigenvalue weighted by atomic mass is 10.1. The molecule has 0 spiro atoms. The smallest absolute Gasteiger partial charge is 0.259 e. The molecule has 2 amide bonds. The Balaban J connectivity index is 1.78. The zero-order chi connectivity index (χ0) is 17.3. The van der Waals surface area contributed by atoms with Gasteiger partial charge in [-0.1, -0.05) is 0 Å². The molecule has 1 aliphatic heterocycles. The molecule has 2 aromatic rings. The van der Waals surface area contributed by atoms with Crippen LogP contribution in [-0.4, -0.2) is 18.4 Å². The molecule has 0 unspecified atom stereocenters. The SMILES string of the molecule is Cc1cc(C(=O)Nc2ccc(N3CCCCC3=O)c(C)c2)c(C)o1. The van der Waals surface area contributed by atoms with Crippen molar-refractivity contribution in [2.24, 2.45) is 0 Å². The van der Waals surface area contributed by atoms with Crippen LogP contribution in [-0.2, 0) is 4.79 Å². The van der Waals surface area contributed by atoms with Crippen molar-refractivity contribution in [1.82, 2.24) is 0 Å². The lowest BCUT2D eigenvalue weighted by Crippen LogP contribution is -2.35. The van der Waals surface area contributed by atoms with Gasteiger partial charge in [0.25, 0.3) is 5.91 Å². The van der Waals surface area contributed by atoms with Crippen molar-refractivity contribution >= 4 is 23.2 Å². The third kappa shape index (κ3) is 3.20. The number of hydrogen-bond acceptors (Lipinski definition) is 3. The first-order chi connectivity index (χ1) is 11.5. The lowest BCUT2D eigenvalue weighted by Gasteiger charge is -2.28. The summed E-state index contributed by atoms with van der Waals surface area (Å²) in [5.74, 6) is 1.31. The van der Waals surface area contributed by atoms with E-state index in [-0.39, 0.29) is 11.8 Å². The Morgan fingerprint density at radius 2 is 1.96 bits per heavy atom. The Morgan fingerprint density at radius 3 is 2.58 bits per heavy atom. The third-order valence-electron chi connectivity index (χ3n) is 4.35. The summed E-state index contributed by atoms with van der Waals surface area (Å²) in [7, 11) is 0. The summed E-state index contributed by atoms with van der Waals surface area (Å²) in [4.78, 5) is 26.3. The van der Waals surface area contributed by atoms with Crippen LogP contribution in [0.1, 0.15) is 46.7 Å². The molecule has 2 heterocycles. The third-order valence-corrected chi connectivity index (χ3v) is 4.35. The summed E-state index contributed by atoms with van der Waals surface area (Å²) < 4.78 is 5.40. The molecule has 126 valence electrons. The number of hydrogen-bond donors (Lipinski definition) is 1. The molecule has 24 heavy (non-hydrogen) atoms. The quantitative estimate of drug-likeness (QED) is 0.928. The van der Waals surface area contributed by atoms with Crippen molar-refractivity contribution in [2.75, 3.05) is 16.8 Å². The second-order valence-corrected chi connectivity index (χ2v) is 6.28. The number of carbonyl (C=O) groups excluding carboxylic acids is 2. The van der Waals surface area contributed by atoms with Gasteiger partial charge in [0, 0.05) is 24.3 Å². The molecule has 0 aliphatic carbocycles. The average molecular weight is 326 g/mol. The minimum atomic E-state index is -0.189. The molecule has 1 aromatic carbocycles. The van der Waals surface area contributed by atoms with Crippen molar-refractivity contribution in [3.05, 3.63) is 46.9 Å². The normalized spacial score (nSPS) is 14.8. The number of furan rings is 1. The van der Waals surface area contributed by atoms with Crippen LogP contribution in [0.3, 0.4) is 0 Å². The van der Waals surface area contributed by atoms with E-state index in [0.29, 0.717) is 29.2 Å². The Morgan fingerprint density at radius 1 is 1.17 bits per heavy atom. The highest BCUT2D eigenvalue weighted by molar-refractivity contribution is 6.05. The molecule has 0 radical (unpaired) electrons. The highest BCUT2D eigenvalue weighted by Gasteiger charge is 2.21.